The Labute approximate surface area is 64.9 Å². The Morgan fingerprint density at radius 3 is 3.00 bits per heavy atom. The van der Waals surface area contributed by atoms with E-state index in [-0.39, 0.29) is 11.1 Å². The van der Waals surface area contributed by atoms with E-state index in [1.807, 2.05) is 0 Å². The SMILES string of the molecule is [2H]c1sc(Br)nc1C(=O)O. The van der Waals surface area contributed by atoms with Crippen molar-refractivity contribution in [2.75, 3.05) is 0 Å². The van der Waals surface area contributed by atoms with Gasteiger partial charge >= 0.3 is 5.97 Å². The molecule has 0 spiro atoms. The van der Waals surface area contributed by atoms with Crippen LogP contribution in [0.5, 0.6) is 0 Å². The van der Waals surface area contributed by atoms with E-state index in [4.69, 9.17) is 6.48 Å². The normalized spacial score (nSPS) is 11.0. The van der Waals surface area contributed by atoms with Crippen molar-refractivity contribution < 1.29 is 11.3 Å². The summed E-state index contributed by atoms with van der Waals surface area (Å²) in [7, 11) is 0. The maximum atomic E-state index is 10.2. The van der Waals surface area contributed by atoms with Crippen LogP contribution in [0.15, 0.2) is 9.27 Å². The fraction of sp³-hybridized carbons (Fsp3) is 0. The summed E-state index contributed by atoms with van der Waals surface area (Å²) < 4.78 is 7.49. The van der Waals surface area contributed by atoms with Gasteiger partial charge in [0.25, 0.3) is 0 Å². The van der Waals surface area contributed by atoms with Crippen LogP contribution in [0.4, 0.5) is 0 Å². The highest BCUT2D eigenvalue weighted by molar-refractivity contribution is 9.11. The van der Waals surface area contributed by atoms with E-state index in [2.05, 4.69) is 20.9 Å². The first kappa shape index (κ1) is 5.37. The molecule has 1 aromatic rings. The van der Waals surface area contributed by atoms with Crippen molar-refractivity contribution in [3.05, 3.63) is 15.0 Å². The predicted octanol–water partition coefficient (Wildman–Crippen LogP) is 1.60. The minimum Gasteiger partial charge on any atom is -0.476 e. The number of halogens is 1. The number of carboxylic acids is 1. The lowest BCUT2D eigenvalue weighted by Crippen LogP contribution is -1.94. The average Bonchev–Trinajstić information content (AvgIpc) is 2.10. The van der Waals surface area contributed by atoms with E-state index in [9.17, 15) is 4.79 Å². The van der Waals surface area contributed by atoms with Gasteiger partial charge in [0.15, 0.2) is 9.61 Å². The Bertz CT molecular complexity index is 274. The zero-order valence-corrected chi connectivity index (χ0v) is 6.49. The number of aromatic carboxylic acids is 1. The van der Waals surface area contributed by atoms with Gasteiger partial charge in [0.05, 0.1) is 1.37 Å². The summed E-state index contributed by atoms with van der Waals surface area (Å²) in [6, 6.07) is 0. The van der Waals surface area contributed by atoms with Gasteiger partial charge in [-0.1, -0.05) is 0 Å². The number of nitrogens with zero attached hydrogens (tertiary/aromatic N) is 1. The molecule has 0 aliphatic rings. The molecular formula is C4H2BrNO2S. The summed E-state index contributed by atoms with van der Waals surface area (Å²) in [4.78, 5) is 13.8. The third-order valence-electron chi connectivity index (χ3n) is 0.634. The number of carboxylic acid groups (broad SMARTS) is 1. The van der Waals surface area contributed by atoms with Crippen molar-refractivity contribution in [1.82, 2.24) is 4.98 Å². The lowest BCUT2D eigenvalue weighted by Gasteiger charge is -1.78. The number of aromatic nitrogens is 1. The van der Waals surface area contributed by atoms with Crippen LogP contribution >= 0.6 is 27.3 Å². The maximum absolute atomic E-state index is 10.2. The van der Waals surface area contributed by atoms with Crippen LogP contribution in [-0.2, 0) is 0 Å². The monoisotopic (exact) mass is 208 g/mol. The van der Waals surface area contributed by atoms with Gasteiger partial charge in [0, 0.05) is 5.36 Å². The molecule has 1 N–H and O–H groups in total. The molecule has 5 heteroatoms. The van der Waals surface area contributed by atoms with Crippen LogP contribution in [0.1, 0.15) is 11.9 Å². The molecule has 9 heavy (non-hydrogen) atoms. The number of hydrogen-bond donors (Lipinski definition) is 1. The molecule has 0 aromatic carbocycles. The summed E-state index contributed by atoms with van der Waals surface area (Å²) in [6.45, 7) is 0. The zero-order valence-electron chi connectivity index (χ0n) is 5.09. The lowest BCUT2D eigenvalue weighted by atomic mass is 10.5. The predicted molar refractivity (Wildman–Crippen MR) is 36.8 cm³/mol. The Balaban J connectivity index is 3.15. The average molecular weight is 209 g/mol. The molecule has 0 saturated heterocycles. The van der Waals surface area contributed by atoms with Gasteiger partial charge in [0.2, 0.25) is 0 Å². The molecule has 1 aromatic heterocycles. The van der Waals surface area contributed by atoms with Crippen LogP contribution in [-0.4, -0.2) is 16.1 Å². The second-order valence-corrected chi connectivity index (χ2v) is 3.29. The molecule has 0 amide bonds. The zero-order chi connectivity index (χ0) is 7.72. The Morgan fingerprint density at radius 1 is 2.11 bits per heavy atom. The van der Waals surface area contributed by atoms with Crippen molar-refractivity contribution in [1.29, 1.82) is 0 Å². The van der Waals surface area contributed by atoms with Crippen LogP contribution in [0.2, 0.25) is 0 Å². The first-order valence-electron chi connectivity index (χ1n) is 2.47. The highest BCUT2D eigenvalue weighted by Gasteiger charge is 2.05. The lowest BCUT2D eigenvalue weighted by molar-refractivity contribution is 0.0691. The van der Waals surface area contributed by atoms with Crippen molar-refractivity contribution in [3.63, 3.8) is 0 Å². The molecule has 3 nitrogen and oxygen atoms in total. The number of hydrogen-bond acceptors (Lipinski definition) is 3. The van der Waals surface area contributed by atoms with Crippen molar-refractivity contribution in [3.8, 4) is 0 Å². The molecule has 0 bridgehead atoms. The van der Waals surface area contributed by atoms with E-state index in [0.29, 0.717) is 3.92 Å². The number of rotatable bonds is 1. The highest BCUT2D eigenvalue weighted by atomic mass is 79.9. The van der Waals surface area contributed by atoms with Gasteiger partial charge in [-0.25, -0.2) is 9.78 Å². The van der Waals surface area contributed by atoms with Gasteiger partial charge < -0.3 is 5.11 Å². The molecule has 48 valence electrons. The number of thiazole rings is 1. The van der Waals surface area contributed by atoms with Crippen LogP contribution < -0.4 is 0 Å². The van der Waals surface area contributed by atoms with Crippen LogP contribution in [0, 0.1) is 0 Å². The topological polar surface area (TPSA) is 50.2 Å². The third-order valence-corrected chi connectivity index (χ3v) is 1.85. The van der Waals surface area contributed by atoms with Gasteiger partial charge in [-0.3, -0.25) is 0 Å². The Morgan fingerprint density at radius 2 is 2.78 bits per heavy atom. The van der Waals surface area contributed by atoms with E-state index in [1.54, 1.807) is 0 Å². The summed E-state index contributed by atoms with van der Waals surface area (Å²) in [6.07, 6.45) is 0. The summed E-state index contributed by atoms with van der Waals surface area (Å²) >= 11 is 3.96. The molecule has 0 radical (unpaired) electrons. The highest BCUT2D eigenvalue weighted by Crippen LogP contribution is 2.15. The van der Waals surface area contributed by atoms with Gasteiger partial charge in [-0.15, -0.1) is 11.3 Å². The smallest absolute Gasteiger partial charge is 0.355 e. The van der Waals surface area contributed by atoms with Crippen LogP contribution in [0.25, 0.3) is 0 Å². The Kier molecular flexibility index (Phi) is 1.46. The van der Waals surface area contributed by atoms with Crippen molar-refractivity contribution >= 4 is 33.2 Å². The quantitative estimate of drug-likeness (QED) is 0.764. The van der Waals surface area contributed by atoms with Crippen molar-refractivity contribution in [2.45, 2.75) is 0 Å². The van der Waals surface area contributed by atoms with Gasteiger partial charge in [-0.2, -0.15) is 0 Å². The number of carbonyl (C=O) groups is 1. The fourth-order valence-electron chi connectivity index (χ4n) is 0.315. The van der Waals surface area contributed by atoms with Crippen molar-refractivity contribution in [2.24, 2.45) is 0 Å². The standard InChI is InChI=1S/C4H2BrNO2S/c5-4-6-2(1-9-4)3(7)8/h1H,(H,7,8)/i1D. The molecule has 0 aliphatic carbocycles. The molecule has 1 heterocycles. The first-order valence-corrected chi connectivity index (χ1v) is 3.58. The fourth-order valence-corrected chi connectivity index (χ4v) is 1.19. The van der Waals surface area contributed by atoms with Crippen LogP contribution in [0.3, 0.4) is 0 Å². The van der Waals surface area contributed by atoms with E-state index in [0.717, 1.165) is 11.3 Å². The Hall–Kier alpha value is -0.420. The molecular weight excluding hydrogens is 206 g/mol. The molecule has 0 unspecified atom stereocenters. The molecule has 0 fully saturated rings. The minimum absolute atomic E-state index is 0.0284. The second-order valence-electron chi connectivity index (χ2n) is 1.22. The molecule has 1 rings (SSSR count). The molecule has 0 saturated carbocycles. The summed E-state index contributed by atoms with van der Waals surface area (Å²) in [5.74, 6) is -1.16. The van der Waals surface area contributed by atoms with E-state index >= 15 is 0 Å². The first-order chi connectivity index (χ1) is 4.61. The van der Waals surface area contributed by atoms with Gasteiger partial charge in [-0.05, 0) is 15.9 Å². The summed E-state index contributed by atoms with van der Waals surface area (Å²) in [5.41, 5.74) is -0.197. The third kappa shape index (κ3) is 1.49. The minimum atomic E-state index is -1.16. The van der Waals surface area contributed by atoms with E-state index in [1.165, 1.54) is 0 Å². The van der Waals surface area contributed by atoms with Gasteiger partial charge in [0.1, 0.15) is 0 Å². The summed E-state index contributed by atoms with van der Waals surface area (Å²) in [5, 5.41) is 8.35. The maximum Gasteiger partial charge on any atom is 0.355 e. The second kappa shape index (κ2) is 2.45. The largest absolute Gasteiger partial charge is 0.476 e. The molecule has 0 aliphatic heterocycles. The van der Waals surface area contributed by atoms with E-state index < -0.39 is 5.97 Å². The molecule has 0 atom stereocenters.